The van der Waals surface area contributed by atoms with Crippen LogP contribution in [0.1, 0.15) is 33.4 Å². The first kappa shape index (κ1) is 36.8. The molecular formula is C48H46N4. The molecule has 7 aromatic carbocycles. The van der Waals surface area contributed by atoms with E-state index in [-0.39, 0.29) is 0 Å². The zero-order valence-corrected chi connectivity index (χ0v) is 30.2. The minimum Gasteiger partial charge on any atom is -0.397 e. The second-order valence-electron chi connectivity index (χ2n) is 12.5. The van der Waals surface area contributed by atoms with Gasteiger partial charge in [0.05, 0.1) is 17.1 Å². The Morgan fingerprint density at radius 3 is 1.75 bits per heavy atom. The second kappa shape index (κ2) is 18.5. The topological polar surface area (TPSA) is 74.3 Å². The number of hydrogen-bond donors (Lipinski definition) is 3. The monoisotopic (exact) mass is 678 g/mol. The Morgan fingerprint density at radius 2 is 1.21 bits per heavy atom. The molecule has 7 rings (SSSR count). The summed E-state index contributed by atoms with van der Waals surface area (Å²) in [6.45, 7) is 9.91. The SMILES string of the molecule is C=N/C(=C\Cc1ccccc1)c1ccc(-c2cccc(Nc3c(N)c(C)c(C=N)c4ccccc34)c2)cc1.Cc1ccccc1.Cc1ccccc1. The Hall–Kier alpha value is -6.52. The first-order chi connectivity index (χ1) is 25.4. The third-order valence-electron chi connectivity index (χ3n) is 8.78. The molecule has 0 radical (unpaired) electrons. The number of fused-ring (bicyclic) bond motifs is 1. The molecule has 0 aliphatic carbocycles. The van der Waals surface area contributed by atoms with Crippen molar-refractivity contribution in [1.29, 1.82) is 5.41 Å². The molecular weight excluding hydrogens is 633 g/mol. The number of nitrogens with zero attached hydrogens (tertiary/aromatic N) is 1. The molecule has 0 aromatic heterocycles. The molecule has 0 unspecified atom stereocenters. The third kappa shape index (κ3) is 9.80. The predicted molar refractivity (Wildman–Crippen MR) is 226 cm³/mol. The molecule has 4 N–H and O–H groups in total. The van der Waals surface area contributed by atoms with Crippen LogP contribution in [0.5, 0.6) is 0 Å². The molecule has 52 heavy (non-hydrogen) atoms. The van der Waals surface area contributed by atoms with Crippen molar-refractivity contribution in [3.8, 4) is 11.1 Å². The van der Waals surface area contributed by atoms with Gasteiger partial charge in [0, 0.05) is 22.9 Å². The van der Waals surface area contributed by atoms with Gasteiger partial charge in [-0.15, -0.1) is 0 Å². The van der Waals surface area contributed by atoms with Crippen molar-refractivity contribution in [2.45, 2.75) is 27.2 Å². The van der Waals surface area contributed by atoms with Crippen molar-refractivity contribution in [1.82, 2.24) is 0 Å². The van der Waals surface area contributed by atoms with Gasteiger partial charge < -0.3 is 16.5 Å². The molecule has 0 spiro atoms. The van der Waals surface area contributed by atoms with Gasteiger partial charge in [0.15, 0.2) is 0 Å². The zero-order chi connectivity index (χ0) is 36.7. The predicted octanol–water partition coefficient (Wildman–Crippen LogP) is 12.4. The number of allylic oxidation sites excluding steroid dienone is 1. The van der Waals surface area contributed by atoms with Crippen molar-refractivity contribution in [2.24, 2.45) is 4.99 Å². The highest BCUT2D eigenvalue weighted by Crippen LogP contribution is 2.38. The maximum atomic E-state index is 7.88. The maximum Gasteiger partial charge on any atom is 0.0700 e. The van der Waals surface area contributed by atoms with Gasteiger partial charge in [-0.25, -0.2) is 0 Å². The molecule has 0 saturated carbocycles. The summed E-state index contributed by atoms with van der Waals surface area (Å²) in [5.41, 5.74) is 18.8. The number of nitrogen functional groups attached to an aromatic ring is 1. The highest BCUT2D eigenvalue weighted by Gasteiger charge is 2.14. The van der Waals surface area contributed by atoms with Crippen LogP contribution in [0.4, 0.5) is 17.1 Å². The fourth-order valence-corrected chi connectivity index (χ4v) is 5.86. The first-order valence-corrected chi connectivity index (χ1v) is 17.4. The summed E-state index contributed by atoms with van der Waals surface area (Å²) in [4.78, 5) is 4.26. The molecule has 4 heteroatoms. The molecule has 258 valence electrons. The van der Waals surface area contributed by atoms with Gasteiger partial charge in [-0.05, 0) is 79.2 Å². The molecule has 4 nitrogen and oxygen atoms in total. The van der Waals surface area contributed by atoms with E-state index < -0.39 is 0 Å². The second-order valence-corrected chi connectivity index (χ2v) is 12.5. The van der Waals surface area contributed by atoms with E-state index in [0.29, 0.717) is 5.69 Å². The Balaban J connectivity index is 0.000000309. The van der Waals surface area contributed by atoms with E-state index in [1.807, 2.05) is 97.9 Å². The summed E-state index contributed by atoms with van der Waals surface area (Å²) in [6, 6.07) is 55.6. The molecule has 0 aliphatic heterocycles. The van der Waals surface area contributed by atoms with Gasteiger partial charge >= 0.3 is 0 Å². The standard InChI is InChI=1S/C34H30N4.2C7H8/c1-23-31(22-35)29-13-6-7-14-30(29)34(33(23)36)38-28-12-8-11-27(21-28)25-16-18-26(19-17-25)32(37-2)20-15-24-9-4-3-5-10-24;2*1-7-5-3-2-4-6-7/h3-14,16-22,35,38H,2,15,36H2,1H3;2*2-6H,1H3/b32-20-,35-22?;;. The molecule has 7 aromatic rings. The number of hydrogen-bond acceptors (Lipinski definition) is 4. The first-order valence-electron chi connectivity index (χ1n) is 17.4. The summed E-state index contributed by atoms with van der Waals surface area (Å²) in [6.07, 6.45) is 4.30. The smallest absolute Gasteiger partial charge is 0.0700 e. The number of nitrogens with two attached hydrogens (primary N) is 1. The molecule has 0 amide bonds. The van der Waals surface area contributed by atoms with Gasteiger partial charge in [-0.2, -0.15) is 0 Å². The number of benzene rings is 7. The number of aryl methyl sites for hydroxylation is 2. The lowest BCUT2D eigenvalue weighted by Crippen LogP contribution is -2.03. The summed E-state index contributed by atoms with van der Waals surface area (Å²) in [5.74, 6) is 0. The van der Waals surface area contributed by atoms with Crippen LogP contribution in [0.3, 0.4) is 0 Å². The Morgan fingerprint density at radius 1 is 0.654 bits per heavy atom. The highest BCUT2D eigenvalue weighted by molar-refractivity contribution is 6.11. The van der Waals surface area contributed by atoms with Crippen LogP contribution in [-0.2, 0) is 6.42 Å². The van der Waals surface area contributed by atoms with Crippen molar-refractivity contribution < 1.29 is 0 Å². The largest absolute Gasteiger partial charge is 0.397 e. The van der Waals surface area contributed by atoms with Crippen LogP contribution < -0.4 is 11.1 Å². The third-order valence-corrected chi connectivity index (χ3v) is 8.78. The fourth-order valence-electron chi connectivity index (χ4n) is 5.86. The van der Waals surface area contributed by atoms with Gasteiger partial charge in [0.25, 0.3) is 0 Å². The molecule has 0 aliphatic rings. The lowest BCUT2D eigenvalue weighted by atomic mass is 9.96. The van der Waals surface area contributed by atoms with Crippen molar-refractivity contribution >= 4 is 46.5 Å². The van der Waals surface area contributed by atoms with Crippen molar-refractivity contribution in [2.75, 3.05) is 11.1 Å². The van der Waals surface area contributed by atoms with E-state index in [4.69, 9.17) is 11.1 Å². The fraction of sp³-hybridized carbons (Fsp3) is 0.0833. The van der Waals surface area contributed by atoms with E-state index >= 15 is 0 Å². The summed E-state index contributed by atoms with van der Waals surface area (Å²) < 4.78 is 0. The molecule has 0 bridgehead atoms. The van der Waals surface area contributed by atoms with Gasteiger partial charge in [0.1, 0.15) is 0 Å². The Bertz CT molecular complexity index is 2200. The summed E-state index contributed by atoms with van der Waals surface area (Å²) in [5, 5.41) is 13.4. The van der Waals surface area contributed by atoms with Crippen LogP contribution in [0.2, 0.25) is 0 Å². The maximum absolute atomic E-state index is 7.88. The zero-order valence-electron chi connectivity index (χ0n) is 30.2. The van der Waals surface area contributed by atoms with Crippen LogP contribution in [0, 0.1) is 26.2 Å². The average molecular weight is 679 g/mol. The Kier molecular flexibility index (Phi) is 13.1. The van der Waals surface area contributed by atoms with Gasteiger partial charge in [-0.1, -0.05) is 169 Å². The molecule has 0 saturated heterocycles. The number of nitrogens with one attached hydrogen (secondary N) is 2. The summed E-state index contributed by atoms with van der Waals surface area (Å²) in [7, 11) is 0. The number of rotatable bonds is 8. The van der Waals surface area contributed by atoms with E-state index in [9.17, 15) is 0 Å². The van der Waals surface area contributed by atoms with Crippen LogP contribution >= 0.6 is 0 Å². The number of anilines is 3. The van der Waals surface area contributed by atoms with Crippen molar-refractivity contribution in [3.05, 3.63) is 203 Å². The van der Waals surface area contributed by atoms with Crippen LogP contribution in [0.25, 0.3) is 27.6 Å². The van der Waals surface area contributed by atoms with Crippen molar-refractivity contribution in [3.63, 3.8) is 0 Å². The normalized spacial score (nSPS) is 10.6. The molecule has 0 atom stereocenters. The van der Waals surface area contributed by atoms with Gasteiger partial charge in [-0.3, -0.25) is 4.99 Å². The quantitative estimate of drug-likeness (QED) is 0.111. The highest BCUT2D eigenvalue weighted by atomic mass is 14.9. The van der Waals surface area contributed by atoms with E-state index in [2.05, 4.69) is 110 Å². The summed E-state index contributed by atoms with van der Waals surface area (Å²) >= 11 is 0. The Labute approximate surface area is 308 Å². The van der Waals surface area contributed by atoms with Gasteiger partial charge in [0.2, 0.25) is 0 Å². The van der Waals surface area contributed by atoms with Crippen LogP contribution in [0.15, 0.2) is 175 Å². The minimum absolute atomic E-state index is 0.656. The molecule has 0 heterocycles. The lowest BCUT2D eigenvalue weighted by Gasteiger charge is -2.18. The lowest BCUT2D eigenvalue weighted by molar-refractivity contribution is 1.26. The van der Waals surface area contributed by atoms with E-state index in [0.717, 1.165) is 62.1 Å². The van der Waals surface area contributed by atoms with E-state index in [1.165, 1.54) is 22.9 Å². The van der Waals surface area contributed by atoms with E-state index in [1.54, 1.807) is 0 Å². The average Bonchev–Trinajstić information content (AvgIpc) is 3.19. The molecule has 0 fully saturated rings. The minimum atomic E-state index is 0.656. The number of aliphatic imine (C=N–C) groups is 1. The van der Waals surface area contributed by atoms with Crippen LogP contribution in [-0.4, -0.2) is 12.9 Å².